The van der Waals surface area contributed by atoms with Crippen molar-refractivity contribution in [2.75, 3.05) is 18.1 Å². The maximum Gasteiger partial charge on any atom is 0.274 e. The molecule has 10 nitrogen and oxygen atoms in total. The molecule has 0 fully saturated rings. The highest BCUT2D eigenvalue weighted by Gasteiger charge is 2.31. The van der Waals surface area contributed by atoms with E-state index in [0.717, 1.165) is 37.8 Å². The van der Waals surface area contributed by atoms with E-state index in [1.165, 1.54) is 15.8 Å². The minimum atomic E-state index is -0.277. The highest BCUT2D eigenvalue weighted by atomic mass is 16.3. The Kier molecular flexibility index (Phi) is 6.66. The second-order valence-electron chi connectivity index (χ2n) is 10.3. The molecule has 0 saturated heterocycles. The summed E-state index contributed by atoms with van der Waals surface area (Å²) in [4.78, 5) is 33.1. The zero-order valence-corrected chi connectivity index (χ0v) is 22.0. The average Bonchev–Trinajstić information content (AvgIpc) is 3.56. The fraction of sp³-hybridized carbons (Fsp3) is 0.379. The van der Waals surface area contributed by atoms with E-state index in [2.05, 4.69) is 15.7 Å². The van der Waals surface area contributed by atoms with Crippen LogP contribution in [0.5, 0.6) is 0 Å². The van der Waals surface area contributed by atoms with Crippen molar-refractivity contribution in [3.8, 4) is 11.3 Å². The third kappa shape index (κ3) is 4.49. The molecule has 39 heavy (non-hydrogen) atoms. The van der Waals surface area contributed by atoms with Gasteiger partial charge < -0.3 is 24.2 Å². The molecule has 0 spiro atoms. The second-order valence-corrected chi connectivity index (χ2v) is 10.3. The lowest BCUT2D eigenvalue weighted by atomic mass is 9.98. The Hall–Kier alpha value is -4.02. The Morgan fingerprint density at radius 2 is 1.90 bits per heavy atom. The van der Waals surface area contributed by atoms with Crippen LogP contribution < -0.4 is 10.5 Å². The van der Waals surface area contributed by atoms with Gasteiger partial charge in [-0.2, -0.15) is 5.10 Å². The van der Waals surface area contributed by atoms with Crippen LogP contribution in [-0.2, 0) is 46.0 Å². The topological polar surface area (TPSA) is 118 Å². The van der Waals surface area contributed by atoms with Gasteiger partial charge in [0.1, 0.15) is 11.4 Å². The molecule has 2 N–H and O–H groups in total. The number of hydrogen-bond donors (Lipinski definition) is 2. The minimum Gasteiger partial charge on any atom is -0.394 e. The van der Waals surface area contributed by atoms with Gasteiger partial charge in [-0.25, -0.2) is 4.98 Å². The van der Waals surface area contributed by atoms with Gasteiger partial charge in [0.25, 0.3) is 11.5 Å². The number of nitrogens with zero attached hydrogens (tertiary/aromatic N) is 6. The van der Waals surface area contributed by atoms with Crippen molar-refractivity contribution in [2.45, 2.75) is 51.8 Å². The third-order valence-corrected chi connectivity index (χ3v) is 7.82. The van der Waals surface area contributed by atoms with Crippen LogP contribution in [-0.4, -0.2) is 53.2 Å². The normalized spacial score (nSPS) is 14.9. The van der Waals surface area contributed by atoms with Crippen molar-refractivity contribution in [3.05, 3.63) is 87.0 Å². The number of carbonyl (C=O) groups is 1. The number of aryl methyl sites for hydroxylation is 2. The molecule has 202 valence electrons. The predicted molar refractivity (Wildman–Crippen MR) is 146 cm³/mol. The Bertz CT molecular complexity index is 1610. The van der Waals surface area contributed by atoms with E-state index in [4.69, 9.17) is 10.1 Å². The Morgan fingerprint density at radius 1 is 1.05 bits per heavy atom. The van der Waals surface area contributed by atoms with Crippen LogP contribution in [0.2, 0.25) is 0 Å². The SMILES string of the molecule is Cn1cc(-c2cccc(N3CCn4c(cc5c4CCCC5)C3=O)c2CO)nc(Cc2cnn(CCO)c2)c1=O. The van der Waals surface area contributed by atoms with Crippen molar-refractivity contribution in [1.29, 1.82) is 0 Å². The molecule has 0 bridgehead atoms. The summed E-state index contributed by atoms with van der Waals surface area (Å²) < 4.78 is 5.30. The van der Waals surface area contributed by atoms with Gasteiger partial charge in [0.2, 0.25) is 0 Å². The van der Waals surface area contributed by atoms with Gasteiger partial charge in [0, 0.05) is 55.8 Å². The van der Waals surface area contributed by atoms with Crippen molar-refractivity contribution < 1.29 is 15.0 Å². The van der Waals surface area contributed by atoms with Gasteiger partial charge in [0.15, 0.2) is 0 Å². The highest BCUT2D eigenvalue weighted by Crippen LogP contribution is 2.34. The molecule has 4 heterocycles. The largest absolute Gasteiger partial charge is 0.394 e. The molecule has 1 amide bonds. The van der Waals surface area contributed by atoms with Crippen molar-refractivity contribution in [1.82, 2.24) is 23.9 Å². The summed E-state index contributed by atoms with van der Waals surface area (Å²) in [6, 6.07) is 7.64. The van der Waals surface area contributed by atoms with Crippen LogP contribution in [0.3, 0.4) is 0 Å². The molecule has 0 unspecified atom stereocenters. The molecule has 1 aromatic carbocycles. The monoisotopic (exact) mass is 528 g/mol. The Morgan fingerprint density at radius 3 is 2.72 bits per heavy atom. The number of amides is 1. The molecular formula is C29H32N6O4. The quantitative estimate of drug-likeness (QED) is 0.379. The second kappa shape index (κ2) is 10.3. The first kappa shape index (κ1) is 25.3. The number of anilines is 1. The van der Waals surface area contributed by atoms with E-state index in [-0.39, 0.29) is 31.1 Å². The molecule has 0 radical (unpaired) electrons. The number of aliphatic hydroxyl groups is 2. The fourth-order valence-electron chi connectivity index (χ4n) is 5.93. The molecular weight excluding hydrogens is 496 g/mol. The standard InChI is InChI=1S/C29H32N6O4/c1-32-17-24(31-23(28(32)38)13-19-15-30-33(16-19)11-12-36)21-6-4-8-26(22(21)18-37)35-10-9-34-25-7-3-2-5-20(25)14-27(34)29(35)39/h4,6,8,14-17,36-37H,2-3,5,7,9-13,18H2,1H3. The summed E-state index contributed by atoms with van der Waals surface area (Å²) in [5, 5.41) is 23.9. The summed E-state index contributed by atoms with van der Waals surface area (Å²) in [6.45, 7) is 1.32. The third-order valence-electron chi connectivity index (χ3n) is 7.82. The molecule has 3 aromatic heterocycles. The van der Waals surface area contributed by atoms with E-state index in [0.29, 0.717) is 47.0 Å². The number of carbonyl (C=O) groups excluding carboxylic acids is 1. The van der Waals surface area contributed by atoms with Gasteiger partial charge >= 0.3 is 0 Å². The first-order valence-corrected chi connectivity index (χ1v) is 13.4. The summed E-state index contributed by atoms with van der Waals surface area (Å²) >= 11 is 0. The number of benzene rings is 1. The van der Waals surface area contributed by atoms with Crippen LogP contribution in [0, 0.1) is 0 Å². The first-order valence-electron chi connectivity index (χ1n) is 13.4. The van der Waals surface area contributed by atoms with E-state index in [1.807, 2.05) is 18.2 Å². The Balaban J connectivity index is 1.36. The van der Waals surface area contributed by atoms with Gasteiger partial charge in [-0.1, -0.05) is 12.1 Å². The molecule has 0 saturated carbocycles. The zero-order valence-electron chi connectivity index (χ0n) is 22.0. The van der Waals surface area contributed by atoms with Gasteiger partial charge in [-0.3, -0.25) is 14.3 Å². The minimum absolute atomic E-state index is 0.0232. The van der Waals surface area contributed by atoms with E-state index < -0.39 is 0 Å². The van der Waals surface area contributed by atoms with Gasteiger partial charge in [-0.15, -0.1) is 0 Å². The van der Waals surface area contributed by atoms with E-state index >= 15 is 0 Å². The lowest BCUT2D eigenvalue weighted by Crippen LogP contribution is -2.41. The molecule has 1 aliphatic heterocycles. The number of fused-ring (bicyclic) bond motifs is 3. The van der Waals surface area contributed by atoms with Crippen LogP contribution in [0.4, 0.5) is 5.69 Å². The van der Waals surface area contributed by atoms with E-state index in [9.17, 15) is 14.7 Å². The smallest absolute Gasteiger partial charge is 0.274 e. The van der Waals surface area contributed by atoms with Crippen LogP contribution in [0.15, 0.2) is 47.7 Å². The van der Waals surface area contributed by atoms with Crippen molar-refractivity contribution >= 4 is 11.6 Å². The van der Waals surface area contributed by atoms with Crippen LogP contribution in [0.25, 0.3) is 11.3 Å². The maximum atomic E-state index is 13.7. The number of aliphatic hydroxyl groups excluding tert-OH is 2. The molecule has 1 aliphatic carbocycles. The van der Waals surface area contributed by atoms with Crippen molar-refractivity contribution in [3.63, 3.8) is 0 Å². The van der Waals surface area contributed by atoms with Crippen LogP contribution >= 0.6 is 0 Å². The molecule has 2 aliphatic rings. The predicted octanol–water partition coefficient (Wildman–Crippen LogP) is 2.06. The number of aromatic nitrogens is 5. The lowest BCUT2D eigenvalue weighted by Gasteiger charge is -2.31. The van der Waals surface area contributed by atoms with Crippen molar-refractivity contribution in [2.24, 2.45) is 7.05 Å². The molecule has 4 aromatic rings. The molecule has 0 atom stereocenters. The maximum absolute atomic E-state index is 13.7. The summed E-state index contributed by atoms with van der Waals surface area (Å²) in [6.07, 6.45) is 9.75. The fourth-order valence-corrected chi connectivity index (χ4v) is 5.93. The van der Waals surface area contributed by atoms with Gasteiger partial charge in [-0.05, 0) is 48.9 Å². The number of rotatable bonds is 7. The summed E-state index contributed by atoms with van der Waals surface area (Å²) in [5.41, 5.74) is 6.72. The van der Waals surface area contributed by atoms with Crippen LogP contribution in [0.1, 0.15) is 51.4 Å². The Labute approximate surface area is 225 Å². The first-order chi connectivity index (χ1) is 19.0. The summed E-state index contributed by atoms with van der Waals surface area (Å²) in [7, 11) is 1.68. The average molecular weight is 529 g/mol. The molecule has 6 rings (SSSR count). The number of hydrogen-bond acceptors (Lipinski definition) is 6. The lowest BCUT2D eigenvalue weighted by molar-refractivity contribution is 0.0964. The zero-order chi connectivity index (χ0) is 27.1. The summed E-state index contributed by atoms with van der Waals surface area (Å²) in [5.74, 6) is -0.0588. The van der Waals surface area contributed by atoms with E-state index in [1.54, 1.807) is 35.2 Å². The highest BCUT2D eigenvalue weighted by molar-refractivity contribution is 6.07. The molecule has 10 heteroatoms. The van der Waals surface area contributed by atoms with Gasteiger partial charge in [0.05, 0.1) is 37.3 Å².